The van der Waals surface area contributed by atoms with Gasteiger partial charge in [-0.15, -0.1) is 0 Å². The maximum Gasteiger partial charge on any atom is 0.119 e. The zero-order chi connectivity index (χ0) is 10.7. The van der Waals surface area contributed by atoms with Crippen LogP contribution in [0.5, 0.6) is 11.5 Å². The van der Waals surface area contributed by atoms with Gasteiger partial charge in [0.1, 0.15) is 11.5 Å². The van der Waals surface area contributed by atoms with Crippen molar-refractivity contribution in [2.45, 2.75) is 0 Å². The topological polar surface area (TPSA) is 40.5 Å². The van der Waals surface area contributed by atoms with Crippen molar-refractivity contribution in [3.05, 3.63) is 66.1 Å². The lowest BCUT2D eigenvalue weighted by molar-refractivity contribution is 0.468. The van der Waals surface area contributed by atoms with Gasteiger partial charge >= 0.3 is 0 Å². The molecule has 2 rings (SSSR count). The summed E-state index contributed by atoms with van der Waals surface area (Å²) < 4.78 is 0. The highest BCUT2D eigenvalue weighted by atomic mass is 16.3. The monoisotopic (exact) mass is 199 g/mol. The van der Waals surface area contributed by atoms with Crippen LogP contribution in [0.15, 0.2) is 48.5 Å². The summed E-state index contributed by atoms with van der Waals surface area (Å²) >= 11 is 0. The van der Waals surface area contributed by atoms with Crippen molar-refractivity contribution in [1.29, 1.82) is 0 Å². The van der Waals surface area contributed by atoms with Crippen molar-refractivity contribution in [2.24, 2.45) is 0 Å². The number of para-hydroxylation sites is 2. The second-order valence-electron chi connectivity index (χ2n) is 3.26. The Balaban J connectivity index is 2.30. The molecule has 0 saturated carbocycles. The largest absolute Gasteiger partial charge is 0.508 e. The zero-order valence-corrected chi connectivity index (χ0v) is 8.09. The molecule has 0 amide bonds. The van der Waals surface area contributed by atoms with Crippen LogP contribution in [-0.4, -0.2) is 10.2 Å². The maximum atomic E-state index is 9.55. The third-order valence-corrected chi connectivity index (χ3v) is 2.18. The van der Waals surface area contributed by atoms with E-state index in [1.807, 2.05) is 12.1 Å². The fourth-order valence-electron chi connectivity index (χ4n) is 1.39. The number of hydrogen-bond donors (Lipinski definition) is 2. The van der Waals surface area contributed by atoms with Crippen LogP contribution in [0.2, 0.25) is 0 Å². The number of aromatic hydroxyl groups is 2. The van der Waals surface area contributed by atoms with Crippen LogP contribution in [0.25, 0.3) is 0 Å². The summed E-state index contributed by atoms with van der Waals surface area (Å²) in [5.74, 6) is 0.418. The van der Waals surface area contributed by atoms with E-state index in [4.69, 9.17) is 0 Å². The third-order valence-electron chi connectivity index (χ3n) is 2.18. The van der Waals surface area contributed by atoms with Gasteiger partial charge in [0.05, 0.1) is 0 Å². The van der Waals surface area contributed by atoms with E-state index in [1.54, 1.807) is 42.8 Å². The summed E-state index contributed by atoms with van der Waals surface area (Å²) in [6.45, 7) is 0. The van der Waals surface area contributed by atoms with Crippen LogP contribution in [0.1, 0.15) is 11.1 Å². The molecule has 0 aromatic heterocycles. The minimum absolute atomic E-state index is 0.209. The maximum absolute atomic E-state index is 9.55. The van der Waals surface area contributed by atoms with Crippen molar-refractivity contribution >= 4 is 0 Å². The summed E-state index contributed by atoms with van der Waals surface area (Å²) in [6.07, 6.45) is 1.74. The van der Waals surface area contributed by atoms with Crippen LogP contribution in [0.4, 0.5) is 0 Å². The van der Waals surface area contributed by atoms with E-state index in [0.717, 1.165) is 0 Å². The molecule has 0 saturated heterocycles. The van der Waals surface area contributed by atoms with Gasteiger partial charge in [-0.05, 0) is 12.1 Å². The first-order valence-electron chi connectivity index (χ1n) is 4.68. The van der Waals surface area contributed by atoms with Crippen molar-refractivity contribution in [2.75, 3.05) is 0 Å². The molecule has 2 aromatic rings. The van der Waals surface area contributed by atoms with Gasteiger partial charge in [-0.1, -0.05) is 36.4 Å². The van der Waals surface area contributed by atoms with Crippen molar-refractivity contribution in [3.8, 4) is 11.5 Å². The van der Waals surface area contributed by atoms with Gasteiger partial charge in [-0.3, -0.25) is 0 Å². The molecule has 0 aliphatic rings. The molecule has 2 aromatic carbocycles. The summed E-state index contributed by atoms with van der Waals surface area (Å²) in [5, 5.41) is 19.1. The Morgan fingerprint density at radius 1 is 0.667 bits per heavy atom. The van der Waals surface area contributed by atoms with Crippen molar-refractivity contribution in [3.63, 3.8) is 0 Å². The average molecular weight is 199 g/mol. The lowest BCUT2D eigenvalue weighted by atomic mass is 10.0. The van der Waals surface area contributed by atoms with Gasteiger partial charge in [0.25, 0.3) is 0 Å². The van der Waals surface area contributed by atoms with Crippen LogP contribution in [0.3, 0.4) is 0 Å². The Hall–Kier alpha value is -1.96. The lowest BCUT2D eigenvalue weighted by Gasteiger charge is -2.05. The first-order chi connectivity index (χ1) is 7.27. The highest BCUT2D eigenvalue weighted by molar-refractivity contribution is 5.49. The molecule has 15 heavy (non-hydrogen) atoms. The van der Waals surface area contributed by atoms with Gasteiger partial charge in [0, 0.05) is 17.5 Å². The minimum atomic E-state index is 0.209. The van der Waals surface area contributed by atoms with Gasteiger partial charge in [0.15, 0.2) is 0 Å². The van der Waals surface area contributed by atoms with Gasteiger partial charge in [-0.2, -0.15) is 0 Å². The average Bonchev–Trinajstić information content (AvgIpc) is 2.24. The molecule has 2 nitrogen and oxygen atoms in total. The van der Waals surface area contributed by atoms with E-state index in [1.165, 1.54) is 0 Å². The summed E-state index contributed by atoms with van der Waals surface area (Å²) in [4.78, 5) is 0. The molecule has 1 radical (unpaired) electrons. The first kappa shape index (κ1) is 9.59. The van der Waals surface area contributed by atoms with Gasteiger partial charge in [-0.25, -0.2) is 0 Å². The van der Waals surface area contributed by atoms with E-state index < -0.39 is 0 Å². The molecule has 75 valence electrons. The fourth-order valence-corrected chi connectivity index (χ4v) is 1.39. The number of hydrogen-bond acceptors (Lipinski definition) is 2. The second kappa shape index (κ2) is 4.05. The van der Waals surface area contributed by atoms with E-state index >= 15 is 0 Å². The molecule has 0 spiro atoms. The Labute approximate surface area is 88.4 Å². The summed E-state index contributed by atoms with van der Waals surface area (Å²) in [6, 6.07) is 14.0. The molecule has 2 N–H and O–H groups in total. The number of phenols is 2. The smallest absolute Gasteiger partial charge is 0.119 e. The van der Waals surface area contributed by atoms with Crippen LogP contribution in [0, 0.1) is 6.42 Å². The Morgan fingerprint density at radius 2 is 1.07 bits per heavy atom. The Bertz CT molecular complexity index is 420. The predicted octanol–water partition coefficient (Wildman–Crippen LogP) is 2.70. The molecule has 0 bridgehead atoms. The SMILES string of the molecule is Oc1ccccc1[CH]c1ccccc1O. The summed E-state index contributed by atoms with van der Waals surface area (Å²) in [7, 11) is 0. The molecule has 0 unspecified atom stereocenters. The molecule has 0 aliphatic heterocycles. The highest BCUT2D eigenvalue weighted by Crippen LogP contribution is 2.25. The molecular formula is C13H11O2. The van der Waals surface area contributed by atoms with Crippen molar-refractivity contribution < 1.29 is 10.2 Å². The van der Waals surface area contributed by atoms with Crippen LogP contribution < -0.4 is 0 Å². The van der Waals surface area contributed by atoms with E-state index in [-0.39, 0.29) is 11.5 Å². The standard InChI is InChI=1S/C13H11O2/c14-12-7-3-1-5-10(12)9-11-6-2-4-8-13(11)15/h1-9,14-15H. The molecule has 0 aliphatic carbocycles. The van der Waals surface area contributed by atoms with E-state index in [0.29, 0.717) is 11.1 Å². The molecule has 0 fully saturated rings. The van der Waals surface area contributed by atoms with Crippen molar-refractivity contribution in [1.82, 2.24) is 0 Å². The molecule has 0 heterocycles. The summed E-state index contributed by atoms with van der Waals surface area (Å²) in [5.41, 5.74) is 1.39. The highest BCUT2D eigenvalue weighted by Gasteiger charge is 2.04. The number of phenolic OH excluding ortho intramolecular Hbond substituents is 2. The lowest BCUT2D eigenvalue weighted by Crippen LogP contribution is -1.86. The second-order valence-corrected chi connectivity index (χ2v) is 3.26. The zero-order valence-electron chi connectivity index (χ0n) is 8.09. The predicted molar refractivity (Wildman–Crippen MR) is 58.7 cm³/mol. The minimum Gasteiger partial charge on any atom is -0.508 e. The van der Waals surface area contributed by atoms with Crippen LogP contribution in [-0.2, 0) is 0 Å². The molecule has 0 atom stereocenters. The third kappa shape index (κ3) is 2.10. The quantitative estimate of drug-likeness (QED) is 0.780. The van der Waals surface area contributed by atoms with Crippen LogP contribution >= 0.6 is 0 Å². The number of benzene rings is 2. The molecular weight excluding hydrogens is 188 g/mol. The fraction of sp³-hybridized carbons (Fsp3) is 0. The van der Waals surface area contributed by atoms with E-state index in [2.05, 4.69) is 0 Å². The Kier molecular flexibility index (Phi) is 2.59. The number of rotatable bonds is 2. The normalized spacial score (nSPS) is 10.1. The molecule has 2 heteroatoms. The van der Waals surface area contributed by atoms with Gasteiger partial charge < -0.3 is 10.2 Å². The van der Waals surface area contributed by atoms with Gasteiger partial charge in [0.2, 0.25) is 0 Å². The van der Waals surface area contributed by atoms with E-state index in [9.17, 15) is 10.2 Å². The Morgan fingerprint density at radius 3 is 1.47 bits per heavy atom. The first-order valence-corrected chi connectivity index (χ1v) is 4.68.